The summed E-state index contributed by atoms with van der Waals surface area (Å²) in [5, 5.41) is 2.45. The Bertz CT molecular complexity index is 3680. The summed E-state index contributed by atoms with van der Waals surface area (Å²) in [6.07, 6.45) is 10.1. The molecule has 7 heteroatoms. The number of ketones is 1. The molecule has 0 radical (unpaired) electrons. The van der Waals surface area contributed by atoms with Crippen molar-refractivity contribution in [1.29, 1.82) is 0 Å². The summed E-state index contributed by atoms with van der Waals surface area (Å²) in [6, 6.07) is 58.8. The van der Waals surface area contributed by atoms with E-state index >= 15 is 0 Å². The molecular weight excluding hydrogens is 1030 g/mol. The number of para-hydroxylation sites is 2. The minimum absolute atomic E-state index is 0.0252. The van der Waals surface area contributed by atoms with Crippen LogP contribution in [0.15, 0.2) is 170 Å². The summed E-state index contributed by atoms with van der Waals surface area (Å²) in [7, 11) is 0. The number of aromatic nitrogens is 4. The summed E-state index contributed by atoms with van der Waals surface area (Å²) < 4.78 is 15.0. The van der Waals surface area contributed by atoms with Gasteiger partial charge in [0.25, 0.3) is 0 Å². The Morgan fingerprint density at radius 2 is 1.33 bits per heavy atom. The van der Waals surface area contributed by atoms with E-state index in [0.29, 0.717) is 31.0 Å². The van der Waals surface area contributed by atoms with Crippen molar-refractivity contribution >= 4 is 38.6 Å². The second-order valence-electron chi connectivity index (χ2n) is 20.0. The number of rotatable bonds is 8. The van der Waals surface area contributed by atoms with E-state index in [2.05, 4.69) is 212 Å². The number of benzene rings is 7. The molecule has 0 amide bonds. The Labute approximate surface area is 414 Å². The van der Waals surface area contributed by atoms with Crippen LogP contribution in [0, 0.1) is 3.80 Å². The monoisotopic (exact) mass is 1080 g/mol. The Morgan fingerprint density at radius 1 is 0.609 bits per heavy atom. The maximum absolute atomic E-state index is 13.1. The van der Waals surface area contributed by atoms with Crippen molar-refractivity contribution in [3.63, 3.8) is 0 Å². The zero-order chi connectivity index (χ0) is 46.8. The second-order valence-corrected chi connectivity index (χ2v) is 21.0. The van der Waals surface area contributed by atoms with Gasteiger partial charge >= 0.3 is 323 Å². The first-order valence-electron chi connectivity index (χ1n) is 24.5. The normalized spacial score (nSPS) is 14.5. The zero-order valence-corrected chi connectivity index (χ0v) is 41.6. The molecule has 1 saturated carbocycles. The molecule has 3 aromatic heterocycles. The van der Waals surface area contributed by atoms with E-state index in [1.807, 2.05) is 12.3 Å². The van der Waals surface area contributed by atoms with Gasteiger partial charge in [0.15, 0.2) is 0 Å². The van der Waals surface area contributed by atoms with Crippen LogP contribution in [-0.2, 0) is 42.4 Å². The predicted molar refractivity (Wildman–Crippen MR) is 277 cm³/mol. The van der Waals surface area contributed by atoms with E-state index in [1.54, 1.807) is 0 Å². The maximum atomic E-state index is 13.1. The summed E-state index contributed by atoms with van der Waals surface area (Å²) in [4.78, 5) is 18.1. The fraction of sp³-hybridized carbons (Fsp3) is 0.210. The van der Waals surface area contributed by atoms with Crippen LogP contribution in [0.4, 0.5) is 0 Å². The molecule has 10 aromatic rings. The first kappa shape index (κ1) is 43.4. The Morgan fingerprint density at radius 3 is 2.10 bits per heavy atom. The van der Waals surface area contributed by atoms with Gasteiger partial charge in [-0.05, 0) is 41.4 Å². The van der Waals surface area contributed by atoms with Gasteiger partial charge in [0, 0.05) is 6.20 Å². The van der Waals surface area contributed by atoms with E-state index in [1.165, 1.54) is 65.1 Å². The molecule has 6 nitrogen and oxygen atoms in total. The molecule has 0 spiro atoms. The van der Waals surface area contributed by atoms with Gasteiger partial charge in [-0.2, -0.15) is 0 Å². The fourth-order valence-electron chi connectivity index (χ4n) is 11.2. The number of imidazole rings is 1. The summed E-state index contributed by atoms with van der Waals surface area (Å²) in [5.41, 5.74) is 16.1. The third kappa shape index (κ3) is 7.83. The van der Waals surface area contributed by atoms with Crippen molar-refractivity contribution in [1.82, 2.24) is 18.7 Å². The van der Waals surface area contributed by atoms with Crippen molar-refractivity contribution in [3.8, 4) is 50.9 Å². The molecule has 2 aliphatic carbocycles. The quantitative estimate of drug-likeness (QED) is 0.152. The third-order valence-electron chi connectivity index (χ3n) is 14.6. The van der Waals surface area contributed by atoms with Crippen LogP contribution in [0.1, 0.15) is 87.5 Å². The fourth-order valence-corrected chi connectivity index (χ4v) is 12.3. The molecule has 2 aliphatic rings. The second kappa shape index (κ2) is 17.6. The van der Waals surface area contributed by atoms with Crippen LogP contribution >= 0.6 is 0 Å². The topological polar surface area (TPSA) is 54.0 Å². The number of hydrogen-bond acceptors (Lipinski definition) is 3. The number of hydrogen-bond donors (Lipinski definition) is 0. The van der Waals surface area contributed by atoms with Gasteiger partial charge in [0.2, 0.25) is 0 Å². The first-order chi connectivity index (χ1) is 33.7. The molecule has 1 fully saturated rings. The number of fused-ring (bicyclic) bond motifs is 5. The molecule has 0 atom stereocenters. The van der Waals surface area contributed by atoms with Crippen LogP contribution in [0.25, 0.3) is 72.3 Å². The summed E-state index contributed by atoms with van der Waals surface area (Å²) in [6.45, 7) is 6.77. The molecule has 0 bridgehead atoms. The molecule has 0 saturated heterocycles. The zero-order valence-electron chi connectivity index (χ0n) is 39.3. The van der Waals surface area contributed by atoms with Crippen LogP contribution in [0.2, 0.25) is 0 Å². The van der Waals surface area contributed by atoms with Gasteiger partial charge in [0.05, 0.1) is 0 Å². The Balaban J connectivity index is 1.00. The molecule has 344 valence electrons. The molecule has 69 heavy (non-hydrogen) atoms. The molecule has 12 rings (SSSR count). The van der Waals surface area contributed by atoms with E-state index in [4.69, 9.17) is 9.72 Å². The summed E-state index contributed by atoms with van der Waals surface area (Å²) >= 11 is 2.51. The van der Waals surface area contributed by atoms with Crippen molar-refractivity contribution < 1.29 is 28.9 Å². The van der Waals surface area contributed by atoms with Crippen molar-refractivity contribution in [2.45, 2.75) is 83.5 Å². The molecule has 0 unspecified atom stereocenters. The number of pyridine rings is 1. The molecule has 3 heterocycles. The van der Waals surface area contributed by atoms with Gasteiger partial charge in [-0.1, -0.05) is 46.1 Å². The summed E-state index contributed by atoms with van der Waals surface area (Å²) in [5.74, 6) is 3.32. The SMILES string of the molecule is CC(C)(C)c1ccnc(-n2c3ccc(C4CCCCC4)cc3c3ccc(Oc4cccc(-n5[c](=[Pt])n(-c6c(-c7ccccc7)cc7c(c6-c6ccccc6)CCC(=O)C7)c6ccccc65)c4)cc32)c1. The van der Waals surface area contributed by atoms with E-state index in [9.17, 15) is 4.79 Å². The average Bonchev–Trinajstić information content (AvgIpc) is 3.86. The van der Waals surface area contributed by atoms with E-state index < -0.39 is 0 Å². The van der Waals surface area contributed by atoms with Gasteiger partial charge in [-0.3, -0.25) is 0 Å². The van der Waals surface area contributed by atoms with Gasteiger partial charge < -0.3 is 0 Å². The number of Topliss-reactive ketones (excluding diaryl/α,β-unsaturated/α-hetero) is 1. The predicted octanol–water partition coefficient (Wildman–Crippen LogP) is 15.5. The van der Waals surface area contributed by atoms with E-state index in [0.717, 1.165) is 76.8 Å². The molecular formula is C62H54N4O2Pt. The van der Waals surface area contributed by atoms with Crippen molar-refractivity contribution in [3.05, 3.63) is 196 Å². The standard InChI is InChI=1S/C62H54N4O2.Pt/c1-62(2,3)46-32-33-63-59(37-46)66-55-31-26-44(41-16-7-4-8-17-41)35-54(55)52-30-28-50(39-58(52)66)68-49-23-15-22-47(38-49)64-40-65(57-25-14-13-24-56(57)64)61-53(42-18-9-5-10-19-42)36-45-34-48(67)27-29-51(45)60(61)43-20-11-6-12-21-43;/h5-6,9-15,18-26,28,30-33,35-39,41H,4,7-8,16-17,27,29,34H2,1-3H3;. The minimum atomic E-state index is -0.0252. The number of nitrogens with zero attached hydrogens (tertiary/aromatic N) is 4. The van der Waals surface area contributed by atoms with E-state index in [-0.39, 0.29) is 5.41 Å². The van der Waals surface area contributed by atoms with Gasteiger partial charge in [0.1, 0.15) is 0 Å². The molecule has 0 N–H and O–H groups in total. The molecule has 7 aromatic carbocycles. The van der Waals surface area contributed by atoms with Crippen LogP contribution in [-0.4, -0.2) is 24.5 Å². The number of carbonyl (C=O) groups excluding carboxylic acids is 1. The van der Waals surface area contributed by atoms with Gasteiger partial charge in [-0.15, -0.1) is 0 Å². The number of carbonyl (C=O) groups is 1. The third-order valence-corrected chi connectivity index (χ3v) is 15.6. The molecule has 0 aliphatic heterocycles. The Kier molecular flexibility index (Phi) is 11.1. The first-order valence-corrected chi connectivity index (χ1v) is 25.6. The van der Waals surface area contributed by atoms with Crippen molar-refractivity contribution in [2.24, 2.45) is 0 Å². The van der Waals surface area contributed by atoms with Gasteiger partial charge in [-0.25, -0.2) is 0 Å². The Hall–Kier alpha value is -6.88. The van der Waals surface area contributed by atoms with Crippen LogP contribution < -0.4 is 4.74 Å². The van der Waals surface area contributed by atoms with Crippen LogP contribution in [0.5, 0.6) is 11.5 Å². The van der Waals surface area contributed by atoms with Crippen LogP contribution in [0.3, 0.4) is 0 Å². The average molecular weight is 1080 g/mol. The number of ether oxygens (including phenoxy) is 1. The van der Waals surface area contributed by atoms with Crippen molar-refractivity contribution in [2.75, 3.05) is 0 Å².